The van der Waals surface area contributed by atoms with Crippen molar-refractivity contribution in [2.75, 3.05) is 6.54 Å². The molecule has 1 rings (SSSR count). The first-order valence-electron chi connectivity index (χ1n) is 5.14. The molecule has 0 aromatic heterocycles. The van der Waals surface area contributed by atoms with E-state index in [0.717, 1.165) is 13.1 Å². The van der Waals surface area contributed by atoms with Crippen molar-refractivity contribution in [1.82, 2.24) is 5.32 Å². The summed E-state index contributed by atoms with van der Waals surface area (Å²) in [7, 11) is 0. The molecule has 1 aromatic rings. The topological polar surface area (TPSA) is 12.0 Å². The Morgan fingerprint density at radius 3 is 2.43 bits per heavy atom. The summed E-state index contributed by atoms with van der Waals surface area (Å²) in [6.45, 7) is 9.88. The average Bonchev–Trinajstić information content (AvgIpc) is 2.19. The van der Waals surface area contributed by atoms with E-state index in [9.17, 15) is 0 Å². The van der Waals surface area contributed by atoms with Crippen LogP contribution < -0.4 is 5.32 Å². The van der Waals surface area contributed by atoms with Crippen LogP contribution in [0, 0.1) is 0 Å². The molecule has 0 spiro atoms. The zero-order chi connectivity index (χ0) is 10.4. The van der Waals surface area contributed by atoms with Gasteiger partial charge in [0.1, 0.15) is 0 Å². The van der Waals surface area contributed by atoms with Gasteiger partial charge in [-0.1, -0.05) is 44.2 Å². The number of rotatable bonds is 5. The van der Waals surface area contributed by atoms with E-state index in [4.69, 9.17) is 0 Å². The Labute approximate surface area is 86.8 Å². The number of hydrogen-bond donors (Lipinski definition) is 1. The van der Waals surface area contributed by atoms with Gasteiger partial charge in [-0.05, 0) is 17.0 Å². The lowest BCUT2D eigenvalue weighted by Gasteiger charge is -2.07. The third kappa shape index (κ3) is 3.35. The zero-order valence-corrected chi connectivity index (χ0v) is 9.09. The van der Waals surface area contributed by atoms with Crippen molar-refractivity contribution < 1.29 is 0 Å². The highest BCUT2D eigenvalue weighted by Gasteiger charge is 1.97. The van der Waals surface area contributed by atoms with Crippen molar-refractivity contribution in [2.45, 2.75) is 26.3 Å². The predicted molar refractivity (Wildman–Crippen MR) is 62.4 cm³/mol. The molecule has 1 heteroatoms. The van der Waals surface area contributed by atoms with Crippen LogP contribution in [0.25, 0.3) is 0 Å². The summed E-state index contributed by atoms with van der Waals surface area (Å²) in [6, 6.07) is 8.78. The van der Waals surface area contributed by atoms with Crippen LogP contribution in [0.2, 0.25) is 0 Å². The summed E-state index contributed by atoms with van der Waals surface area (Å²) in [5.74, 6) is 0.616. The van der Waals surface area contributed by atoms with Crippen molar-refractivity contribution >= 4 is 0 Å². The first kappa shape index (κ1) is 11.0. The minimum atomic E-state index is 0.616. The Balaban J connectivity index is 2.51. The maximum atomic E-state index is 3.67. The lowest BCUT2D eigenvalue weighted by atomic mass is 10.0. The third-order valence-corrected chi connectivity index (χ3v) is 2.26. The van der Waals surface area contributed by atoms with E-state index in [-0.39, 0.29) is 0 Å². The molecule has 0 aliphatic carbocycles. The first-order valence-corrected chi connectivity index (χ1v) is 5.14. The predicted octanol–water partition coefficient (Wildman–Crippen LogP) is 3.09. The maximum Gasteiger partial charge on any atom is 0.0208 e. The molecule has 1 nitrogen and oxygen atoms in total. The molecule has 0 aliphatic heterocycles. The van der Waals surface area contributed by atoms with Crippen molar-refractivity contribution in [3.05, 3.63) is 48.0 Å². The third-order valence-electron chi connectivity index (χ3n) is 2.26. The highest BCUT2D eigenvalue weighted by atomic mass is 14.8. The number of nitrogens with one attached hydrogen (secondary N) is 1. The highest BCUT2D eigenvalue weighted by Crippen LogP contribution is 2.14. The molecule has 76 valence electrons. The molecule has 1 N–H and O–H groups in total. The largest absolute Gasteiger partial charge is 0.309 e. The fourth-order valence-electron chi connectivity index (χ4n) is 1.34. The van der Waals surface area contributed by atoms with Gasteiger partial charge >= 0.3 is 0 Å². The van der Waals surface area contributed by atoms with Crippen LogP contribution in [0.5, 0.6) is 0 Å². The fraction of sp³-hybridized carbons (Fsp3) is 0.385. The summed E-state index contributed by atoms with van der Waals surface area (Å²) in [5.41, 5.74) is 2.73. The van der Waals surface area contributed by atoms with Gasteiger partial charge in [0.05, 0.1) is 0 Å². The van der Waals surface area contributed by atoms with Gasteiger partial charge in [-0.3, -0.25) is 0 Å². The van der Waals surface area contributed by atoms with Gasteiger partial charge in [0, 0.05) is 13.1 Å². The quantitative estimate of drug-likeness (QED) is 0.554. The van der Waals surface area contributed by atoms with Crippen molar-refractivity contribution in [1.29, 1.82) is 0 Å². The summed E-state index contributed by atoms with van der Waals surface area (Å²) in [6.07, 6.45) is 1.88. The minimum absolute atomic E-state index is 0.616. The van der Waals surface area contributed by atoms with Crippen molar-refractivity contribution in [3.63, 3.8) is 0 Å². The molecule has 0 amide bonds. The molecule has 0 aliphatic rings. The summed E-state index contributed by atoms with van der Waals surface area (Å²) in [4.78, 5) is 0. The Morgan fingerprint density at radius 1 is 1.29 bits per heavy atom. The SMILES string of the molecule is C=CCNCc1ccc(C(C)C)cc1. The molecule has 0 saturated carbocycles. The molecule has 0 atom stereocenters. The van der Waals surface area contributed by atoms with Crippen LogP contribution >= 0.6 is 0 Å². The Hall–Kier alpha value is -1.08. The lowest BCUT2D eigenvalue weighted by molar-refractivity contribution is 0.759. The van der Waals surface area contributed by atoms with E-state index in [2.05, 4.69) is 50.0 Å². The molecule has 0 bridgehead atoms. The van der Waals surface area contributed by atoms with Crippen molar-refractivity contribution in [3.8, 4) is 0 Å². The second-order valence-corrected chi connectivity index (χ2v) is 3.82. The van der Waals surface area contributed by atoms with Crippen LogP contribution in [0.15, 0.2) is 36.9 Å². The summed E-state index contributed by atoms with van der Waals surface area (Å²) >= 11 is 0. The fourth-order valence-corrected chi connectivity index (χ4v) is 1.34. The molecular weight excluding hydrogens is 170 g/mol. The molecule has 0 radical (unpaired) electrons. The molecule has 0 unspecified atom stereocenters. The average molecular weight is 189 g/mol. The monoisotopic (exact) mass is 189 g/mol. The van der Waals surface area contributed by atoms with Gasteiger partial charge in [-0.2, -0.15) is 0 Å². The van der Waals surface area contributed by atoms with E-state index < -0.39 is 0 Å². The summed E-state index contributed by atoms with van der Waals surface area (Å²) in [5, 5.41) is 3.28. The second kappa shape index (κ2) is 5.61. The lowest BCUT2D eigenvalue weighted by Crippen LogP contribution is -2.12. The van der Waals surface area contributed by atoms with Gasteiger partial charge in [-0.15, -0.1) is 6.58 Å². The second-order valence-electron chi connectivity index (χ2n) is 3.82. The zero-order valence-electron chi connectivity index (χ0n) is 9.09. The standard InChI is InChI=1S/C13H19N/c1-4-9-14-10-12-5-7-13(8-6-12)11(2)3/h4-8,11,14H,1,9-10H2,2-3H3. The first-order chi connectivity index (χ1) is 6.74. The Kier molecular flexibility index (Phi) is 4.41. The maximum absolute atomic E-state index is 3.67. The van der Waals surface area contributed by atoms with Gasteiger partial charge in [0.15, 0.2) is 0 Å². The highest BCUT2D eigenvalue weighted by molar-refractivity contribution is 5.24. The van der Waals surface area contributed by atoms with E-state index >= 15 is 0 Å². The Morgan fingerprint density at radius 2 is 1.93 bits per heavy atom. The van der Waals surface area contributed by atoms with Gasteiger partial charge in [-0.25, -0.2) is 0 Å². The van der Waals surface area contributed by atoms with Gasteiger partial charge < -0.3 is 5.32 Å². The molecule has 0 saturated heterocycles. The summed E-state index contributed by atoms with van der Waals surface area (Å²) < 4.78 is 0. The van der Waals surface area contributed by atoms with Crippen molar-refractivity contribution in [2.24, 2.45) is 0 Å². The molecular formula is C13H19N. The van der Waals surface area contributed by atoms with Crippen LogP contribution in [0.4, 0.5) is 0 Å². The van der Waals surface area contributed by atoms with Crippen LogP contribution in [-0.2, 0) is 6.54 Å². The van der Waals surface area contributed by atoms with E-state index in [1.165, 1.54) is 11.1 Å². The number of hydrogen-bond acceptors (Lipinski definition) is 1. The van der Waals surface area contributed by atoms with E-state index in [0.29, 0.717) is 5.92 Å². The molecule has 14 heavy (non-hydrogen) atoms. The normalized spacial score (nSPS) is 10.5. The Bertz CT molecular complexity index is 272. The van der Waals surface area contributed by atoms with Crippen LogP contribution in [0.1, 0.15) is 30.9 Å². The molecule has 1 aromatic carbocycles. The minimum Gasteiger partial charge on any atom is -0.309 e. The molecule has 0 heterocycles. The van der Waals surface area contributed by atoms with Gasteiger partial charge in [0.25, 0.3) is 0 Å². The smallest absolute Gasteiger partial charge is 0.0208 e. The number of benzene rings is 1. The van der Waals surface area contributed by atoms with E-state index in [1.54, 1.807) is 0 Å². The molecule has 0 fully saturated rings. The van der Waals surface area contributed by atoms with E-state index in [1.807, 2.05) is 6.08 Å². The van der Waals surface area contributed by atoms with Gasteiger partial charge in [0.2, 0.25) is 0 Å². The van der Waals surface area contributed by atoms with Crippen LogP contribution in [-0.4, -0.2) is 6.54 Å². The van der Waals surface area contributed by atoms with Crippen LogP contribution in [0.3, 0.4) is 0 Å².